The first-order valence-corrected chi connectivity index (χ1v) is 17.6. The lowest BCUT2D eigenvalue weighted by Crippen LogP contribution is -2.34. The molecule has 0 bridgehead atoms. The molecule has 0 saturated heterocycles. The van der Waals surface area contributed by atoms with E-state index >= 15 is 0 Å². The molecule has 0 saturated carbocycles. The first-order chi connectivity index (χ1) is 26.9. The fraction of sp³-hybridized carbons (Fsp3) is 0.300. The van der Waals surface area contributed by atoms with Crippen LogP contribution in [-0.4, -0.2) is 84.6 Å². The predicted molar refractivity (Wildman–Crippen MR) is 208 cm³/mol. The van der Waals surface area contributed by atoms with Gasteiger partial charge < -0.3 is 45.7 Å². The lowest BCUT2D eigenvalue weighted by molar-refractivity contribution is -0.140. The smallest absolute Gasteiger partial charge is 0.406 e. The quantitative estimate of drug-likeness (QED) is 0.0508. The number of anilines is 3. The standard InChI is InChI=1S/C40H43F3N8O5/c1-4-50(2)36-20-30(12-10-26(36)17-28(22-52)49-25-53)56-38(33-14-16-45-24-48-33)21-47-39(54)27-11-13-37(55-3)34(18-27)46-15-6-7-29-19-31-32(44)8-5-9-35(31)51(29)23-40(41,42)43/h5,8-14,16,18-20,24-25,28,38,46,52H,4,15,17,21-23,44H2,1-3H3,(H,47,54)(H,49,53). The molecule has 0 radical (unpaired) electrons. The maximum absolute atomic E-state index is 13.5. The number of methoxy groups -OCH3 is 1. The lowest BCUT2D eigenvalue weighted by Gasteiger charge is -2.25. The van der Waals surface area contributed by atoms with E-state index in [2.05, 4.69) is 37.8 Å². The number of alkyl halides is 3. The number of nitrogens with one attached hydrogen (secondary N) is 3. The van der Waals surface area contributed by atoms with Crippen molar-refractivity contribution in [2.75, 3.05) is 56.3 Å². The summed E-state index contributed by atoms with van der Waals surface area (Å²) in [7, 11) is 3.39. The Kier molecular flexibility index (Phi) is 13.6. The minimum Gasteiger partial charge on any atom is -0.495 e. The van der Waals surface area contributed by atoms with Crippen molar-refractivity contribution in [3.63, 3.8) is 0 Å². The van der Waals surface area contributed by atoms with E-state index in [-0.39, 0.29) is 25.4 Å². The van der Waals surface area contributed by atoms with Crippen LogP contribution >= 0.6 is 0 Å². The van der Waals surface area contributed by atoms with E-state index in [9.17, 15) is 27.9 Å². The molecular weight excluding hydrogens is 729 g/mol. The number of aromatic nitrogens is 3. The maximum atomic E-state index is 13.5. The van der Waals surface area contributed by atoms with Crippen LogP contribution in [-0.2, 0) is 17.8 Å². The van der Waals surface area contributed by atoms with Crippen molar-refractivity contribution in [2.45, 2.75) is 38.2 Å². The summed E-state index contributed by atoms with van der Waals surface area (Å²) in [6.07, 6.45) is -1.27. The third-order valence-electron chi connectivity index (χ3n) is 8.96. The number of nitrogen functional groups attached to an aromatic ring is 1. The van der Waals surface area contributed by atoms with E-state index in [0.717, 1.165) is 15.8 Å². The van der Waals surface area contributed by atoms with Crippen LogP contribution in [0.3, 0.4) is 0 Å². The molecule has 0 aliphatic rings. The number of halogens is 3. The molecule has 2 heterocycles. The lowest BCUT2D eigenvalue weighted by atomic mass is 10.0. The summed E-state index contributed by atoms with van der Waals surface area (Å²) in [6.45, 7) is 1.29. The summed E-state index contributed by atoms with van der Waals surface area (Å²) in [5.41, 5.74) is 9.86. The highest BCUT2D eigenvalue weighted by atomic mass is 19.4. The van der Waals surface area contributed by atoms with Crippen molar-refractivity contribution in [2.24, 2.45) is 0 Å². The molecule has 5 rings (SSSR count). The van der Waals surface area contributed by atoms with Crippen molar-refractivity contribution in [1.82, 2.24) is 25.2 Å². The molecule has 0 aliphatic heterocycles. The minimum atomic E-state index is -4.47. The van der Waals surface area contributed by atoms with Crippen molar-refractivity contribution in [1.29, 1.82) is 0 Å². The molecular formula is C40H43F3N8O5. The highest BCUT2D eigenvalue weighted by Crippen LogP contribution is 2.31. The fourth-order valence-electron chi connectivity index (χ4n) is 6.02. The Bertz CT molecular complexity index is 2190. The molecule has 16 heteroatoms. The topological polar surface area (TPSA) is 169 Å². The largest absolute Gasteiger partial charge is 0.495 e. The number of aliphatic hydroxyl groups excluding tert-OH is 1. The fourth-order valence-corrected chi connectivity index (χ4v) is 6.02. The Hall–Kier alpha value is -6.47. The van der Waals surface area contributed by atoms with Crippen LogP contribution in [0.1, 0.15) is 40.3 Å². The first kappa shape index (κ1) is 40.7. The van der Waals surface area contributed by atoms with Gasteiger partial charge in [0.2, 0.25) is 6.41 Å². The molecule has 0 aliphatic carbocycles. The summed E-state index contributed by atoms with van der Waals surface area (Å²) in [5.74, 6) is 6.20. The third-order valence-corrected chi connectivity index (χ3v) is 8.96. The van der Waals surface area contributed by atoms with E-state index < -0.39 is 30.8 Å². The number of benzene rings is 3. The molecule has 294 valence electrons. The van der Waals surface area contributed by atoms with Gasteiger partial charge >= 0.3 is 6.18 Å². The molecule has 13 nitrogen and oxygen atoms in total. The summed E-state index contributed by atoms with van der Waals surface area (Å²) in [6, 6.07) is 17.9. The zero-order chi connectivity index (χ0) is 40.2. The first-order valence-electron chi connectivity index (χ1n) is 17.6. The zero-order valence-electron chi connectivity index (χ0n) is 31.1. The molecule has 2 aromatic heterocycles. The maximum Gasteiger partial charge on any atom is 0.406 e. The molecule has 0 spiro atoms. The molecule has 5 aromatic rings. The number of ether oxygens (including phenoxy) is 2. The SMILES string of the molecule is CCN(C)c1cc(OC(CNC(=O)c2ccc(OC)c(NCC#Cc3cc4c(N)cccc4n3CC(F)(F)F)c2)c2ccncn2)ccc1CC(CO)NC=O. The molecule has 2 amide bonds. The summed E-state index contributed by atoms with van der Waals surface area (Å²) < 4.78 is 53.3. The number of fused-ring (bicyclic) bond motifs is 1. The second-order valence-electron chi connectivity index (χ2n) is 12.7. The molecule has 3 aromatic carbocycles. The van der Waals surface area contributed by atoms with Gasteiger partial charge in [-0.25, -0.2) is 9.97 Å². The Labute approximate surface area is 322 Å². The summed E-state index contributed by atoms with van der Waals surface area (Å²) >= 11 is 0. The summed E-state index contributed by atoms with van der Waals surface area (Å²) in [5, 5.41) is 18.8. The van der Waals surface area contributed by atoms with Gasteiger partial charge in [-0.15, -0.1) is 0 Å². The summed E-state index contributed by atoms with van der Waals surface area (Å²) in [4.78, 5) is 34.9. The van der Waals surface area contributed by atoms with Crippen molar-refractivity contribution >= 4 is 40.3 Å². The van der Waals surface area contributed by atoms with E-state index in [1.807, 2.05) is 31.0 Å². The van der Waals surface area contributed by atoms with Crippen LogP contribution in [0.4, 0.5) is 30.2 Å². The number of nitrogens with two attached hydrogens (primary N) is 1. The normalized spacial score (nSPS) is 12.2. The van der Waals surface area contributed by atoms with E-state index in [4.69, 9.17) is 15.2 Å². The zero-order valence-corrected chi connectivity index (χ0v) is 31.1. The Morgan fingerprint density at radius 1 is 1.14 bits per heavy atom. The van der Waals surface area contributed by atoms with Crippen molar-refractivity contribution in [3.05, 3.63) is 102 Å². The molecule has 6 N–H and O–H groups in total. The Balaban J connectivity index is 1.31. The van der Waals surface area contributed by atoms with E-state index in [1.165, 1.54) is 19.5 Å². The van der Waals surface area contributed by atoms with Crippen LogP contribution in [0.25, 0.3) is 10.9 Å². The van der Waals surface area contributed by atoms with Gasteiger partial charge in [-0.1, -0.05) is 18.1 Å². The van der Waals surface area contributed by atoms with Gasteiger partial charge in [-0.2, -0.15) is 13.2 Å². The van der Waals surface area contributed by atoms with Crippen LogP contribution in [0.2, 0.25) is 0 Å². The van der Waals surface area contributed by atoms with Crippen LogP contribution in [0.15, 0.2) is 79.3 Å². The number of amides is 2. The number of carbonyl (C=O) groups excluding carboxylic acids is 2. The van der Waals surface area contributed by atoms with Crippen molar-refractivity contribution < 1.29 is 37.3 Å². The number of hydrogen-bond donors (Lipinski definition) is 5. The van der Waals surface area contributed by atoms with Gasteiger partial charge in [0.25, 0.3) is 5.91 Å². The second kappa shape index (κ2) is 18.7. The van der Waals surface area contributed by atoms with Gasteiger partial charge in [0.1, 0.15) is 24.4 Å². The number of carbonyl (C=O) groups is 2. The molecule has 0 fully saturated rings. The Morgan fingerprint density at radius 2 is 1.96 bits per heavy atom. The molecule has 2 atom stereocenters. The van der Waals surface area contributed by atoms with Gasteiger partial charge in [0.05, 0.1) is 55.4 Å². The van der Waals surface area contributed by atoms with Crippen LogP contribution in [0.5, 0.6) is 11.5 Å². The average molecular weight is 773 g/mol. The van der Waals surface area contributed by atoms with Crippen LogP contribution < -0.4 is 36.1 Å². The number of nitrogens with zero attached hydrogens (tertiary/aromatic N) is 4. The number of aliphatic hydroxyl groups is 1. The Morgan fingerprint density at radius 3 is 2.66 bits per heavy atom. The molecule has 2 unspecified atom stereocenters. The van der Waals surface area contributed by atoms with Crippen molar-refractivity contribution in [3.8, 4) is 23.3 Å². The minimum absolute atomic E-state index is 0.0241. The predicted octanol–water partition coefficient (Wildman–Crippen LogP) is 4.70. The van der Waals surface area contributed by atoms with Gasteiger partial charge in [-0.3, -0.25) is 9.59 Å². The van der Waals surface area contributed by atoms with Gasteiger partial charge in [-0.05, 0) is 73.4 Å². The number of rotatable bonds is 17. The van der Waals surface area contributed by atoms with E-state index in [1.54, 1.807) is 54.7 Å². The highest BCUT2D eigenvalue weighted by molar-refractivity contribution is 5.95. The third kappa shape index (κ3) is 10.4. The van der Waals surface area contributed by atoms with Gasteiger partial charge in [0.15, 0.2) is 6.10 Å². The van der Waals surface area contributed by atoms with E-state index in [0.29, 0.717) is 64.4 Å². The second-order valence-corrected chi connectivity index (χ2v) is 12.7. The average Bonchev–Trinajstić information content (AvgIpc) is 3.54. The van der Waals surface area contributed by atoms with Crippen LogP contribution in [0, 0.1) is 11.8 Å². The number of hydrogen-bond acceptors (Lipinski definition) is 10. The monoisotopic (exact) mass is 772 g/mol. The van der Waals surface area contributed by atoms with Gasteiger partial charge in [0, 0.05) is 48.2 Å². The molecule has 56 heavy (non-hydrogen) atoms. The highest BCUT2D eigenvalue weighted by Gasteiger charge is 2.30.